The van der Waals surface area contributed by atoms with Crippen molar-refractivity contribution in [3.05, 3.63) is 24.3 Å². The van der Waals surface area contributed by atoms with Crippen LogP contribution in [0.5, 0.6) is 0 Å². The molecule has 36 heavy (non-hydrogen) atoms. The lowest BCUT2D eigenvalue weighted by molar-refractivity contribution is 0.407. The van der Waals surface area contributed by atoms with Crippen molar-refractivity contribution >= 4 is 11.4 Å². The molecule has 4 unspecified atom stereocenters. The Morgan fingerprint density at radius 1 is 0.556 bits per heavy atom. The first kappa shape index (κ1) is 32.8. The fourth-order valence-corrected chi connectivity index (χ4v) is 5.93. The second-order valence-corrected chi connectivity index (χ2v) is 12.6. The van der Waals surface area contributed by atoms with Gasteiger partial charge in [0.05, 0.1) is 0 Å². The largest absolute Gasteiger partial charge is 0.369 e. The molecule has 0 aromatic heterocycles. The van der Waals surface area contributed by atoms with Gasteiger partial charge in [0.25, 0.3) is 0 Å². The van der Waals surface area contributed by atoms with Gasteiger partial charge >= 0.3 is 0 Å². The van der Waals surface area contributed by atoms with Crippen molar-refractivity contribution in [1.29, 1.82) is 0 Å². The van der Waals surface area contributed by atoms with Crippen LogP contribution >= 0.6 is 0 Å². The van der Waals surface area contributed by atoms with Crippen molar-refractivity contribution in [2.75, 3.05) is 22.9 Å². The fourth-order valence-electron chi connectivity index (χ4n) is 5.93. The van der Waals surface area contributed by atoms with Crippen LogP contribution in [0.1, 0.15) is 133 Å². The predicted molar refractivity (Wildman–Crippen MR) is 166 cm³/mol. The highest BCUT2D eigenvalue weighted by Gasteiger charge is 2.22. The van der Waals surface area contributed by atoms with Crippen molar-refractivity contribution in [2.24, 2.45) is 23.7 Å². The monoisotopic (exact) mass is 501 g/mol. The Kier molecular flexibility index (Phi) is 16.5. The minimum absolute atomic E-state index is 0.570. The molecule has 1 aromatic rings. The molecule has 0 fully saturated rings. The summed E-state index contributed by atoms with van der Waals surface area (Å²) in [4.78, 5) is 5.46. The molecule has 0 amide bonds. The van der Waals surface area contributed by atoms with Crippen molar-refractivity contribution in [1.82, 2.24) is 0 Å². The zero-order valence-electron chi connectivity index (χ0n) is 26.2. The van der Waals surface area contributed by atoms with Gasteiger partial charge in [-0.25, -0.2) is 0 Å². The molecule has 0 heterocycles. The standard InChI is InChI=1S/C34H64N2/c1-11-15-17-31(13-3)25-35(29(9)23-27(5)6)33-19-21-34(22-20-33)36(30(10)24-28(7)8)26-32(14-4)18-16-12-2/h19-22,27-32H,11-18,23-26H2,1-10H3. The third-order valence-electron chi connectivity index (χ3n) is 8.20. The Balaban J connectivity index is 3.21. The highest BCUT2D eigenvalue weighted by molar-refractivity contribution is 5.57. The molecule has 0 N–H and O–H groups in total. The molecule has 0 saturated heterocycles. The van der Waals surface area contributed by atoms with Crippen LogP contribution < -0.4 is 9.80 Å². The number of rotatable bonds is 20. The molecule has 0 radical (unpaired) electrons. The van der Waals surface area contributed by atoms with Crippen LogP contribution in [0.2, 0.25) is 0 Å². The predicted octanol–water partition coefficient (Wildman–Crippen LogP) is 10.6. The second kappa shape index (κ2) is 18.1. The van der Waals surface area contributed by atoms with Crippen LogP contribution in [0.15, 0.2) is 24.3 Å². The van der Waals surface area contributed by atoms with Gasteiger partial charge in [0.2, 0.25) is 0 Å². The van der Waals surface area contributed by atoms with Gasteiger partial charge in [-0.15, -0.1) is 0 Å². The van der Waals surface area contributed by atoms with E-state index in [0.717, 1.165) is 23.7 Å². The van der Waals surface area contributed by atoms with Gasteiger partial charge in [-0.2, -0.15) is 0 Å². The Labute approximate surface area is 227 Å². The highest BCUT2D eigenvalue weighted by Crippen LogP contribution is 2.30. The summed E-state index contributed by atoms with van der Waals surface area (Å²) < 4.78 is 0. The Bertz CT molecular complexity index is 593. The lowest BCUT2D eigenvalue weighted by Gasteiger charge is -2.37. The van der Waals surface area contributed by atoms with Gasteiger partial charge in [-0.3, -0.25) is 0 Å². The van der Waals surface area contributed by atoms with Crippen molar-refractivity contribution in [3.63, 3.8) is 0 Å². The minimum atomic E-state index is 0.570. The molecular weight excluding hydrogens is 436 g/mol. The molecule has 0 aliphatic rings. The summed E-state index contributed by atoms with van der Waals surface area (Å²) in [6.07, 6.45) is 13.1. The minimum Gasteiger partial charge on any atom is -0.369 e. The molecule has 0 aliphatic heterocycles. The van der Waals surface area contributed by atoms with Crippen LogP contribution in [0.25, 0.3) is 0 Å². The van der Waals surface area contributed by atoms with E-state index < -0.39 is 0 Å². The van der Waals surface area contributed by atoms with Crippen molar-refractivity contribution in [3.8, 4) is 0 Å². The number of hydrogen-bond donors (Lipinski definition) is 0. The molecule has 4 atom stereocenters. The van der Waals surface area contributed by atoms with Crippen LogP contribution in [0, 0.1) is 23.7 Å². The summed E-state index contributed by atoms with van der Waals surface area (Å²) in [5.74, 6) is 3.01. The molecule has 2 nitrogen and oxygen atoms in total. The lowest BCUT2D eigenvalue weighted by Crippen LogP contribution is -2.39. The van der Waals surface area contributed by atoms with E-state index in [1.54, 1.807) is 0 Å². The molecule has 0 saturated carbocycles. The first-order valence-corrected chi connectivity index (χ1v) is 15.8. The number of anilines is 2. The zero-order valence-corrected chi connectivity index (χ0v) is 26.2. The van der Waals surface area contributed by atoms with Crippen molar-refractivity contribution < 1.29 is 0 Å². The molecule has 210 valence electrons. The Morgan fingerprint density at radius 3 is 1.14 bits per heavy atom. The maximum absolute atomic E-state index is 2.73. The van der Waals surface area contributed by atoms with E-state index in [4.69, 9.17) is 0 Å². The summed E-state index contributed by atoms with van der Waals surface area (Å²) >= 11 is 0. The number of benzene rings is 1. The Hall–Kier alpha value is -1.18. The van der Waals surface area contributed by atoms with Gasteiger partial charge in [-0.05, 0) is 87.5 Å². The quantitative estimate of drug-likeness (QED) is 0.176. The number of unbranched alkanes of at least 4 members (excludes halogenated alkanes) is 2. The average Bonchev–Trinajstić information content (AvgIpc) is 2.83. The smallest absolute Gasteiger partial charge is 0.0370 e. The summed E-state index contributed by atoms with van der Waals surface area (Å²) in [6, 6.07) is 10.9. The van der Waals surface area contributed by atoms with E-state index in [-0.39, 0.29) is 0 Å². The first-order chi connectivity index (χ1) is 17.2. The normalized spacial score (nSPS) is 15.2. The molecule has 1 rings (SSSR count). The van der Waals surface area contributed by atoms with Gasteiger partial charge in [0, 0.05) is 36.5 Å². The van der Waals surface area contributed by atoms with Gasteiger partial charge in [0.15, 0.2) is 0 Å². The summed E-state index contributed by atoms with van der Waals surface area (Å²) in [6.45, 7) is 26.1. The second-order valence-electron chi connectivity index (χ2n) is 12.6. The molecular formula is C34H64N2. The third kappa shape index (κ3) is 11.9. The lowest BCUT2D eigenvalue weighted by atomic mass is 9.95. The van der Waals surface area contributed by atoms with Gasteiger partial charge in [-0.1, -0.05) is 93.9 Å². The average molecular weight is 501 g/mol. The molecule has 0 aliphatic carbocycles. The van der Waals surface area contributed by atoms with Gasteiger partial charge < -0.3 is 9.80 Å². The SMILES string of the molecule is CCCCC(CC)CN(c1ccc(N(CC(CC)CCCC)C(C)CC(C)C)cc1)C(C)CC(C)C. The zero-order chi connectivity index (χ0) is 27.1. The maximum atomic E-state index is 2.73. The van der Waals surface area contributed by atoms with Crippen LogP contribution in [0.4, 0.5) is 11.4 Å². The van der Waals surface area contributed by atoms with Crippen molar-refractivity contribution in [2.45, 2.75) is 146 Å². The van der Waals surface area contributed by atoms with E-state index in [0.29, 0.717) is 12.1 Å². The molecule has 0 bridgehead atoms. The third-order valence-corrected chi connectivity index (χ3v) is 8.20. The van der Waals surface area contributed by atoms with Gasteiger partial charge in [0.1, 0.15) is 0 Å². The summed E-state index contributed by atoms with van der Waals surface area (Å²) in [5, 5.41) is 0. The molecule has 1 aromatic carbocycles. The number of hydrogen-bond acceptors (Lipinski definition) is 2. The van der Waals surface area contributed by atoms with Crippen LogP contribution in [-0.2, 0) is 0 Å². The molecule has 2 heteroatoms. The summed E-state index contributed by atoms with van der Waals surface area (Å²) in [7, 11) is 0. The first-order valence-electron chi connectivity index (χ1n) is 15.8. The number of nitrogens with zero attached hydrogens (tertiary/aromatic N) is 2. The molecule has 0 spiro atoms. The van der Waals surface area contributed by atoms with E-state index in [1.807, 2.05) is 0 Å². The maximum Gasteiger partial charge on any atom is 0.0370 e. The Morgan fingerprint density at radius 2 is 0.889 bits per heavy atom. The van der Waals surface area contributed by atoms with E-state index >= 15 is 0 Å². The fraction of sp³-hybridized carbons (Fsp3) is 0.824. The summed E-state index contributed by atoms with van der Waals surface area (Å²) in [5.41, 5.74) is 2.83. The topological polar surface area (TPSA) is 6.48 Å². The van der Waals surface area contributed by atoms with E-state index in [2.05, 4.69) is 103 Å². The van der Waals surface area contributed by atoms with Crippen LogP contribution in [-0.4, -0.2) is 25.2 Å². The van der Waals surface area contributed by atoms with E-state index in [1.165, 1.54) is 88.7 Å². The van der Waals surface area contributed by atoms with Crippen LogP contribution in [0.3, 0.4) is 0 Å². The highest BCUT2D eigenvalue weighted by atomic mass is 15.2. The van der Waals surface area contributed by atoms with E-state index in [9.17, 15) is 0 Å².